The number of carbonyl (C=O) groups is 1. The maximum Gasteiger partial charge on any atom is 0.230 e. The molecule has 6 nitrogen and oxygen atoms in total. The van der Waals surface area contributed by atoms with E-state index in [1.165, 1.54) is 4.88 Å². The van der Waals surface area contributed by atoms with Gasteiger partial charge < -0.3 is 14.8 Å². The van der Waals surface area contributed by atoms with Crippen LogP contribution in [0.15, 0.2) is 30.7 Å². The van der Waals surface area contributed by atoms with Gasteiger partial charge in [-0.25, -0.2) is 9.97 Å². The molecule has 0 spiro atoms. The van der Waals surface area contributed by atoms with Crippen molar-refractivity contribution in [2.75, 3.05) is 31.1 Å². The van der Waals surface area contributed by atoms with E-state index in [0.717, 1.165) is 47.9 Å². The second-order valence-electron chi connectivity index (χ2n) is 6.42. The second kappa shape index (κ2) is 6.48. The van der Waals surface area contributed by atoms with Crippen LogP contribution in [0.25, 0.3) is 11.0 Å². The maximum absolute atomic E-state index is 12.8. The van der Waals surface area contributed by atoms with Crippen molar-refractivity contribution in [2.24, 2.45) is 0 Å². The van der Waals surface area contributed by atoms with Gasteiger partial charge in [0.2, 0.25) is 5.91 Å². The first-order valence-corrected chi connectivity index (χ1v) is 9.33. The molecule has 1 N–H and O–H groups in total. The second-order valence-corrected chi connectivity index (χ2v) is 7.74. The lowest BCUT2D eigenvalue weighted by atomic mass is 10.1. The van der Waals surface area contributed by atoms with E-state index >= 15 is 0 Å². The zero-order chi connectivity index (χ0) is 17.4. The van der Waals surface area contributed by atoms with Gasteiger partial charge in [0.05, 0.1) is 11.3 Å². The van der Waals surface area contributed by atoms with E-state index in [-0.39, 0.29) is 11.8 Å². The number of aromatic amines is 1. The third kappa shape index (κ3) is 3.00. The van der Waals surface area contributed by atoms with E-state index in [0.29, 0.717) is 0 Å². The quantitative estimate of drug-likeness (QED) is 0.785. The minimum atomic E-state index is -0.0688. The molecule has 1 saturated heterocycles. The lowest BCUT2D eigenvalue weighted by Gasteiger charge is -2.36. The van der Waals surface area contributed by atoms with Crippen LogP contribution in [0.3, 0.4) is 0 Å². The zero-order valence-electron chi connectivity index (χ0n) is 14.4. The van der Waals surface area contributed by atoms with Crippen LogP contribution < -0.4 is 4.90 Å². The Bertz CT molecular complexity index is 894. The van der Waals surface area contributed by atoms with Crippen molar-refractivity contribution < 1.29 is 4.79 Å². The highest BCUT2D eigenvalue weighted by atomic mass is 32.1. The van der Waals surface area contributed by atoms with Gasteiger partial charge in [0.25, 0.3) is 0 Å². The summed E-state index contributed by atoms with van der Waals surface area (Å²) in [5.74, 6) is 1.09. The fourth-order valence-corrected chi connectivity index (χ4v) is 4.25. The predicted molar refractivity (Wildman–Crippen MR) is 100 cm³/mol. The Labute approximate surface area is 150 Å². The third-order valence-electron chi connectivity index (χ3n) is 4.78. The van der Waals surface area contributed by atoms with Crippen LogP contribution in [-0.2, 0) is 4.79 Å². The summed E-state index contributed by atoms with van der Waals surface area (Å²) in [5.41, 5.74) is 0.852. The van der Waals surface area contributed by atoms with Crippen molar-refractivity contribution in [2.45, 2.75) is 19.8 Å². The normalized spacial score (nSPS) is 16.4. The van der Waals surface area contributed by atoms with Gasteiger partial charge >= 0.3 is 0 Å². The largest absolute Gasteiger partial charge is 0.352 e. The Kier molecular flexibility index (Phi) is 4.17. The summed E-state index contributed by atoms with van der Waals surface area (Å²) in [6.45, 7) is 7.12. The lowest BCUT2D eigenvalue weighted by molar-refractivity contribution is -0.132. The first kappa shape index (κ1) is 16.1. The molecule has 1 fully saturated rings. The molecule has 1 aliphatic rings. The summed E-state index contributed by atoms with van der Waals surface area (Å²) in [5, 5.41) is 1.03. The van der Waals surface area contributed by atoms with Gasteiger partial charge in [-0.05, 0) is 32.0 Å². The van der Waals surface area contributed by atoms with Crippen LogP contribution in [0.1, 0.15) is 22.6 Å². The van der Waals surface area contributed by atoms with E-state index in [2.05, 4.69) is 38.9 Å². The number of fused-ring (bicyclic) bond motifs is 1. The number of thiophene rings is 1. The highest BCUT2D eigenvalue weighted by Crippen LogP contribution is 2.27. The van der Waals surface area contributed by atoms with Crippen molar-refractivity contribution in [3.8, 4) is 0 Å². The van der Waals surface area contributed by atoms with E-state index in [1.54, 1.807) is 17.7 Å². The van der Waals surface area contributed by atoms with Crippen LogP contribution in [0.5, 0.6) is 0 Å². The fraction of sp³-hybridized carbons (Fsp3) is 0.389. The maximum atomic E-state index is 12.8. The van der Waals surface area contributed by atoms with Crippen LogP contribution in [0.4, 0.5) is 5.82 Å². The standard InChI is InChI=1S/C18H21N5OS/c1-12-3-4-15(25-12)13(2)18(24)23-9-7-22(8-10-23)17-14-5-6-19-16(14)20-11-21-17/h3-6,11,13H,7-10H2,1-2H3,(H,19,20,21). The molecule has 1 amide bonds. The average molecular weight is 355 g/mol. The number of nitrogens with zero attached hydrogens (tertiary/aromatic N) is 4. The molecule has 0 aliphatic carbocycles. The molecule has 130 valence electrons. The van der Waals surface area contributed by atoms with Crippen molar-refractivity contribution in [1.29, 1.82) is 0 Å². The molecule has 3 aromatic heterocycles. The number of aromatic nitrogens is 3. The Morgan fingerprint density at radius 1 is 1.20 bits per heavy atom. The van der Waals surface area contributed by atoms with Crippen molar-refractivity contribution in [1.82, 2.24) is 19.9 Å². The van der Waals surface area contributed by atoms with E-state index in [9.17, 15) is 4.79 Å². The molecule has 4 heterocycles. The number of nitrogens with one attached hydrogen (secondary N) is 1. The van der Waals surface area contributed by atoms with Gasteiger partial charge in [0, 0.05) is 42.1 Å². The molecular formula is C18H21N5OS. The smallest absolute Gasteiger partial charge is 0.230 e. The SMILES string of the molecule is Cc1ccc(C(C)C(=O)N2CCN(c3ncnc4[nH]ccc34)CC2)s1. The summed E-state index contributed by atoms with van der Waals surface area (Å²) >= 11 is 1.71. The van der Waals surface area contributed by atoms with Crippen LogP contribution >= 0.6 is 11.3 Å². The molecule has 3 aromatic rings. The minimum absolute atomic E-state index is 0.0688. The van der Waals surface area contributed by atoms with Crippen LogP contribution in [0, 0.1) is 6.92 Å². The first-order chi connectivity index (χ1) is 12.1. The molecule has 1 aliphatic heterocycles. The number of piperazine rings is 1. The number of rotatable bonds is 3. The minimum Gasteiger partial charge on any atom is -0.352 e. The number of carbonyl (C=O) groups excluding carboxylic acids is 1. The average Bonchev–Trinajstić information content (AvgIpc) is 3.29. The lowest BCUT2D eigenvalue weighted by Crippen LogP contribution is -2.50. The van der Waals surface area contributed by atoms with Gasteiger partial charge in [0.1, 0.15) is 17.8 Å². The monoisotopic (exact) mass is 355 g/mol. The highest BCUT2D eigenvalue weighted by Gasteiger charge is 2.27. The number of anilines is 1. The van der Waals surface area contributed by atoms with Gasteiger partial charge in [-0.15, -0.1) is 11.3 Å². The zero-order valence-corrected chi connectivity index (χ0v) is 15.2. The molecule has 0 bridgehead atoms. The number of hydrogen-bond donors (Lipinski definition) is 1. The van der Waals surface area contributed by atoms with E-state index < -0.39 is 0 Å². The Morgan fingerprint density at radius 2 is 2.00 bits per heavy atom. The molecule has 25 heavy (non-hydrogen) atoms. The number of amides is 1. The van der Waals surface area contributed by atoms with Crippen molar-refractivity contribution in [3.05, 3.63) is 40.5 Å². The van der Waals surface area contributed by atoms with Crippen LogP contribution in [0.2, 0.25) is 0 Å². The number of aryl methyl sites for hydroxylation is 1. The molecule has 0 aromatic carbocycles. The summed E-state index contributed by atoms with van der Waals surface area (Å²) in [6, 6.07) is 6.16. The molecule has 0 saturated carbocycles. The van der Waals surface area contributed by atoms with Crippen molar-refractivity contribution in [3.63, 3.8) is 0 Å². The van der Waals surface area contributed by atoms with Gasteiger partial charge in [0.15, 0.2) is 0 Å². The highest BCUT2D eigenvalue weighted by molar-refractivity contribution is 7.12. The Balaban J connectivity index is 1.44. The molecule has 1 unspecified atom stereocenters. The number of hydrogen-bond acceptors (Lipinski definition) is 5. The van der Waals surface area contributed by atoms with Crippen LogP contribution in [-0.4, -0.2) is 51.9 Å². The molecule has 4 rings (SSSR count). The fourth-order valence-electron chi connectivity index (χ4n) is 3.33. The van der Waals surface area contributed by atoms with Gasteiger partial charge in [-0.2, -0.15) is 0 Å². The summed E-state index contributed by atoms with van der Waals surface area (Å²) < 4.78 is 0. The summed E-state index contributed by atoms with van der Waals surface area (Å²) in [4.78, 5) is 31.2. The Morgan fingerprint density at radius 3 is 2.72 bits per heavy atom. The van der Waals surface area contributed by atoms with Gasteiger partial charge in [-0.3, -0.25) is 4.79 Å². The Hall–Kier alpha value is -2.41. The summed E-state index contributed by atoms with van der Waals surface area (Å²) in [6.07, 6.45) is 3.47. The number of H-pyrrole nitrogens is 1. The van der Waals surface area contributed by atoms with Crippen molar-refractivity contribution >= 4 is 34.1 Å². The topological polar surface area (TPSA) is 65.1 Å². The van der Waals surface area contributed by atoms with E-state index in [4.69, 9.17) is 0 Å². The molecule has 7 heteroatoms. The summed E-state index contributed by atoms with van der Waals surface area (Å²) in [7, 11) is 0. The molecular weight excluding hydrogens is 334 g/mol. The predicted octanol–water partition coefficient (Wildman–Crippen LogP) is 2.78. The van der Waals surface area contributed by atoms with Gasteiger partial charge in [-0.1, -0.05) is 0 Å². The molecule has 1 atom stereocenters. The third-order valence-corrected chi connectivity index (χ3v) is 5.97. The molecule has 0 radical (unpaired) electrons. The first-order valence-electron chi connectivity index (χ1n) is 8.51. The van der Waals surface area contributed by atoms with E-state index in [1.807, 2.05) is 24.1 Å².